The Morgan fingerprint density at radius 3 is 2.30 bits per heavy atom. The van der Waals surface area contributed by atoms with Gasteiger partial charge in [0, 0.05) is 57.5 Å². The molecular weight excluding hydrogens is 570 g/mol. The van der Waals surface area contributed by atoms with E-state index in [1.165, 1.54) is 0 Å². The lowest BCUT2D eigenvalue weighted by atomic mass is 9.81. The minimum atomic E-state index is -3.30. The first-order valence-electron chi connectivity index (χ1n) is 15.5. The summed E-state index contributed by atoms with van der Waals surface area (Å²) in [5.41, 5.74) is 1.90. The summed E-state index contributed by atoms with van der Waals surface area (Å²) in [5.74, 6) is -0.285. The van der Waals surface area contributed by atoms with Gasteiger partial charge in [0.2, 0.25) is 0 Å². The second-order valence-corrected chi connectivity index (χ2v) is 14.1. The number of carbonyl (C=O) groups is 2. The van der Waals surface area contributed by atoms with Crippen molar-refractivity contribution in [1.29, 1.82) is 0 Å². The lowest BCUT2D eigenvalue weighted by Gasteiger charge is -2.27. The van der Waals surface area contributed by atoms with Crippen LogP contribution in [0.5, 0.6) is 0 Å². The zero-order valence-corrected chi connectivity index (χ0v) is 25.8. The molecule has 5 rings (SSSR count). The molecule has 2 aromatic rings. The molecule has 43 heavy (non-hydrogen) atoms. The number of methoxy groups -OCH3 is 1. The molecule has 3 aliphatic rings. The Kier molecular flexibility index (Phi) is 11.1. The van der Waals surface area contributed by atoms with Crippen molar-refractivity contribution in [3.05, 3.63) is 59.4 Å². The lowest BCUT2D eigenvalue weighted by molar-refractivity contribution is -0.198. The van der Waals surface area contributed by atoms with Crippen molar-refractivity contribution in [3.63, 3.8) is 0 Å². The van der Waals surface area contributed by atoms with Gasteiger partial charge < -0.3 is 18.9 Å². The van der Waals surface area contributed by atoms with Crippen LogP contribution in [0.15, 0.2) is 47.5 Å². The summed E-state index contributed by atoms with van der Waals surface area (Å²) in [6.07, 6.45) is 7.88. The molecule has 234 valence electrons. The summed E-state index contributed by atoms with van der Waals surface area (Å²) in [5, 5.41) is -0.281. The highest BCUT2D eigenvalue weighted by molar-refractivity contribution is 7.92. The Balaban J connectivity index is 1.22. The second-order valence-electron chi connectivity index (χ2n) is 11.9. The number of hydrogen-bond acceptors (Lipinski definition) is 9. The molecule has 1 aromatic heterocycles. The van der Waals surface area contributed by atoms with Crippen LogP contribution in [-0.4, -0.2) is 70.0 Å². The Labute approximate surface area is 254 Å². The molecular formula is C33H43NO8S. The summed E-state index contributed by atoms with van der Waals surface area (Å²) < 4.78 is 48.0. The van der Waals surface area contributed by atoms with E-state index in [0.717, 1.165) is 43.2 Å². The Morgan fingerprint density at radius 1 is 0.930 bits per heavy atom. The normalized spacial score (nSPS) is 21.3. The van der Waals surface area contributed by atoms with Gasteiger partial charge in [0.15, 0.2) is 21.9 Å². The van der Waals surface area contributed by atoms with Gasteiger partial charge in [0.1, 0.15) is 17.6 Å². The summed E-state index contributed by atoms with van der Waals surface area (Å²) in [6, 6.07) is 10.3. The third kappa shape index (κ3) is 8.57. The minimum Gasteiger partial charge on any atom is -0.382 e. The van der Waals surface area contributed by atoms with Crippen LogP contribution in [0.25, 0.3) is 0 Å². The number of hydrogen-bond donors (Lipinski definition) is 0. The fraction of sp³-hybridized carbons (Fsp3) is 0.606. The topological polar surface area (TPSA) is 118 Å². The van der Waals surface area contributed by atoms with E-state index in [-0.39, 0.29) is 42.1 Å². The summed E-state index contributed by atoms with van der Waals surface area (Å²) in [6.45, 7) is 2.37. The predicted octanol–water partition coefficient (Wildman–Crippen LogP) is 5.38. The molecule has 1 saturated carbocycles. The van der Waals surface area contributed by atoms with E-state index in [1.807, 2.05) is 6.07 Å². The van der Waals surface area contributed by atoms with Crippen LogP contribution in [0.2, 0.25) is 0 Å². The monoisotopic (exact) mass is 613 g/mol. The first-order valence-corrected chi connectivity index (χ1v) is 17.1. The molecule has 0 N–H and O–H groups in total. The highest BCUT2D eigenvalue weighted by Crippen LogP contribution is 2.36. The molecule has 9 nitrogen and oxygen atoms in total. The van der Waals surface area contributed by atoms with Crippen molar-refractivity contribution in [2.24, 2.45) is 5.92 Å². The molecule has 3 unspecified atom stereocenters. The number of Topliss-reactive ketones (excluding diaryl/α,β-unsaturated/α-hetero) is 2. The van der Waals surface area contributed by atoms with Gasteiger partial charge in [-0.3, -0.25) is 14.6 Å². The number of benzene rings is 1. The number of nitrogens with zero attached hydrogens (tertiary/aromatic N) is 1. The van der Waals surface area contributed by atoms with Crippen molar-refractivity contribution in [1.82, 2.24) is 4.98 Å². The Morgan fingerprint density at radius 2 is 1.67 bits per heavy atom. The van der Waals surface area contributed by atoms with Crippen LogP contribution in [0.1, 0.15) is 97.8 Å². The molecule has 0 spiro atoms. The average Bonchev–Trinajstić information content (AvgIpc) is 3.90. The molecule has 0 radical (unpaired) electrons. The number of rotatable bonds is 15. The quantitative estimate of drug-likeness (QED) is 0.244. The fourth-order valence-electron chi connectivity index (χ4n) is 5.90. The number of aromatic nitrogens is 1. The van der Waals surface area contributed by atoms with E-state index in [1.54, 1.807) is 43.6 Å². The van der Waals surface area contributed by atoms with Crippen LogP contribution in [0, 0.1) is 5.92 Å². The largest absolute Gasteiger partial charge is 0.382 e. The minimum absolute atomic E-state index is 0.0182. The summed E-state index contributed by atoms with van der Waals surface area (Å²) in [7, 11) is -1.69. The maximum Gasteiger partial charge on any atom is 0.181 e. The summed E-state index contributed by atoms with van der Waals surface area (Å²) >= 11 is 0. The molecule has 2 aliphatic heterocycles. The molecule has 1 aromatic carbocycles. The standard InChI is InChI=1S/C33H43NO8S/c1-39-22-32(42-33-4-2-3-17-41-33)25-7-12-29(34-21-25)31(36)14-13-30(35)28(20-23-15-18-40-19-16-23)24-5-8-26(9-6-24)43(37,38)27-10-11-27/h5-9,12,21,23,27-28,32-33H,2-4,10-11,13-20,22H2,1H3. The molecule has 3 heterocycles. The average molecular weight is 614 g/mol. The van der Waals surface area contributed by atoms with E-state index in [2.05, 4.69) is 4.98 Å². The van der Waals surface area contributed by atoms with Crippen molar-refractivity contribution in [2.45, 2.75) is 92.7 Å². The van der Waals surface area contributed by atoms with Crippen LogP contribution < -0.4 is 0 Å². The third-order valence-electron chi connectivity index (χ3n) is 8.69. The zero-order valence-electron chi connectivity index (χ0n) is 24.9. The molecule has 0 amide bonds. The maximum absolute atomic E-state index is 13.6. The van der Waals surface area contributed by atoms with Crippen LogP contribution >= 0.6 is 0 Å². The number of carbonyl (C=O) groups excluding carboxylic acids is 2. The van der Waals surface area contributed by atoms with Gasteiger partial charge >= 0.3 is 0 Å². The van der Waals surface area contributed by atoms with Gasteiger partial charge in [0.05, 0.1) is 16.8 Å². The van der Waals surface area contributed by atoms with Gasteiger partial charge in [-0.05, 0) is 81.0 Å². The lowest BCUT2D eigenvalue weighted by Crippen LogP contribution is -2.26. The van der Waals surface area contributed by atoms with E-state index >= 15 is 0 Å². The van der Waals surface area contributed by atoms with Crippen molar-refractivity contribution < 1.29 is 37.0 Å². The number of sulfone groups is 1. The van der Waals surface area contributed by atoms with Gasteiger partial charge in [0.25, 0.3) is 0 Å². The first-order chi connectivity index (χ1) is 20.8. The van der Waals surface area contributed by atoms with Crippen molar-refractivity contribution >= 4 is 21.4 Å². The molecule has 2 saturated heterocycles. The Bertz CT molecular complexity index is 1310. The fourth-order valence-corrected chi connectivity index (χ4v) is 7.55. The molecule has 10 heteroatoms. The summed E-state index contributed by atoms with van der Waals surface area (Å²) in [4.78, 5) is 31.4. The molecule has 1 aliphatic carbocycles. The second kappa shape index (κ2) is 15.0. The van der Waals surface area contributed by atoms with Crippen LogP contribution in [0.3, 0.4) is 0 Å². The van der Waals surface area contributed by atoms with Crippen LogP contribution in [0.4, 0.5) is 0 Å². The first kappa shape index (κ1) is 31.9. The number of pyridine rings is 1. The smallest absolute Gasteiger partial charge is 0.181 e. The maximum atomic E-state index is 13.6. The zero-order chi connectivity index (χ0) is 30.2. The van der Waals surface area contributed by atoms with Crippen molar-refractivity contribution in [2.75, 3.05) is 33.5 Å². The Hall–Kier alpha value is -2.50. The van der Waals surface area contributed by atoms with E-state index < -0.39 is 15.8 Å². The van der Waals surface area contributed by atoms with Crippen molar-refractivity contribution in [3.8, 4) is 0 Å². The van der Waals surface area contributed by atoms with E-state index in [0.29, 0.717) is 62.2 Å². The van der Waals surface area contributed by atoms with Gasteiger partial charge in [-0.1, -0.05) is 18.2 Å². The van der Waals surface area contributed by atoms with Gasteiger partial charge in [-0.25, -0.2) is 8.42 Å². The van der Waals surface area contributed by atoms with E-state index in [4.69, 9.17) is 18.9 Å². The molecule has 0 bridgehead atoms. The SMILES string of the molecule is COCC(OC1CCCCO1)c1ccc(C(=O)CCC(=O)C(CC2CCOCC2)c2ccc(S(=O)(=O)C3CC3)cc2)nc1. The highest BCUT2D eigenvalue weighted by atomic mass is 32.2. The molecule has 3 fully saturated rings. The predicted molar refractivity (Wildman–Crippen MR) is 160 cm³/mol. The van der Waals surface area contributed by atoms with E-state index in [9.17, 15) is 18.0 Å². The number of ketones is 2. The highest BCUT2D eigenvalue weighted by Gasteiger charge is 2.37. The van der Waals surface area contributed by atoms with Crippen LogP contribution in [-0.2, 0) is 33.6 Å². The third-order valence-corrected chi connectivity index (χ3v) is 11.0. The van der Waals surface area contributed by atoms with Gasteiger partial charge in [-0.15, -0.1) is 0 Å². The number of ether oxygens (including phenoxy) is 4. The molecule has 3 atom stereocenters. The van der Waals surface area contributed by atoms with Gasteiger partial charge in [-0.2, -0.15) is 0 Å².